The predicted molar refractivity (Wildman–Crippen MR) is 241 cm³/mol. The van der Waals surface area contributed by atoms with Crippen LogP contribution >= 0.6 is 11.6 Å². The number of pyridine rings is 2. The number of hydrogen-bond donors (Lipinski definition) is 2. The number of halogens is 1. The van der Waals surface area contributed by atoms with Gasteiger partial charge in [-0.3, -0.25) is 29.4 Å². The second kappa shape index (κ2) is 16.2. The summed E-state index contributed by atoms with van der Waals surface area (Å²) in [6.07, 6.45) is 15.1. The lowest BCUT2D eigenvalue weighted by Gasteiger charge is -2.52. The van der Waals surface area contributed by atoms with Gasteiger partial charge in [0, 0.05) is 78.6 Å². The molecule has 3 amide bonds. The van der Waals surface area contributed by atoms with Gasteiger partial charge in [-0.2, -0.15) is 4.98 Å². The Bertz CT molecular complexity index is 2750. The fourth-order valence-electron chi connectivity index (χ4n) is 10.8. The minimum Gasteiger partial charge on any atom is -0.371 e. The van der Waals surface area contributed by atoms with Crippen molar-refractivity contribution in [2.45, 2.75) is 93.7 Å². The summed E-state index contributed by atoms with van der Waals surface area (Å²) in [6, 6.07) is 12.7. The molecule has 5 aromatic rings. The van der Waals surface area contributed by atoms with Gasteiger partial charge >= 0.3 is 6.03 Å². The average Bonchev–Trinajstić information content (AvgIpc) is 3.79. The predicted octanol–water partition coefficient (Wildman–Crippen LogP) is 7.54. The molecule has 14 nitrogen and oxygen atoms in total. The number of imide groups is 1. The van der Waals surface area contributed by atoms with Crippen molar-refractivity contribution in [1.82, 2.24) is 29.7 Å². The van der Waals surface area contributed by atoms with Crippen LogP contribution in [0.4, 0.5) is 27.8 Å². The average molecular weight is 878 g/mol. The Morgan fingerprint density at radius 2 is 1.66 bits per heavy atom. The Morgan fingerprint density at radius 3 is 2.40 bits per heavy atom. The van der Waals surface area contributed by atoms with Crippen LogP contribution in [-0.2, 0) is 14.6 Å². The van der Waals surface area contributed by atoms with E-state index in [2.05, 4.69) is 36.5 Å². The standard InChI is InChI=1S/C46H52ClN9O5S/c1-29-21-33(9-10-38(29)50-44-49-25-31-22-37(47)43(58)56(42(31)52-44)32-5-2-3-6-32)62(60,61)34-23-46(24-34)14-19-53(20-15-46)28-30-11-16-54(17-12-30)39-8-4-7-35-36(39)26-48-27-40(35)55-18-13-41(57)51-45(55)59/h4,7-10,21-22,25-27,30,32,34H,2-3,5-6,11-20,23-24,28H2,1H3,(H,49,50,52)(H,51,57,59). The van der Waals surface area contributed by atoms with Crippen LogP contribution < -0.4 is 26.0 Å². The third-order valence-electron chi connectivity index (χ3n) is 14.4. The smallest absolute Gasteiger partial charge is 0.328 e. The molecule has 16 heteroatoms. The Labute approximate surface area is 366 Å². The first kappa shape index (κ1) is 40.9. The van der Waals surface area contributed by atoms with E-state index in [-0.39, 0.29) is 39.6 Å². The van der Waals surface area contributed by atoms with Crippen LogP contribution in [0, 0.1) is 18.3 Å². The number of nitrogens with one attached hydrogen (secondary N) is 2. The Balaban J connectivity index is 0.725. The van der Waals surface area contributed by atoms with Gasteiger partial charge in [0.05, 0.1) is 22.0 Å². The molecule has 6 heterocycles. The van der Waals surface area contributed by atoms with E-state index < -0.39 is 15.9 Å². The highest BCUT2D eigenvalue weighted by molar-refractivity contribution is 7.92. The molecular formula is C46H52ClN9O5S. The van der Waals surface area contributed by atoms with Crippen molar-refractivity contribution in [2.24, 2.45) is 11.3 Å². The number of sulfone groups is 1. The van der Waals surface area contributed by atoms with Gasteiger partial charge in [0.2, 0.25) is 11.9 Å². The largest absolute Gasteiger partial charge is 0.371 e. The zero-order valence-corrected chi connectivity index (χ0v) is 36.6. The van der Waals surface area contributed by atoms with Crippen LogP contribution in [0.3, 0.4) is 0 Å². The quantitative estimate of drug-likeness (QED) is 0.150. The highest BCUT2D eigenvalue weighted by Crippen LogP contribution is 2.53. The van der Waals surface area contributed by atoms with E-state index in [0.29, 0.717) is 52.9 Å². The number of piperidine rings is 2. The van der Waals surface area contributed by atoms with E-state index in [1.807, 2.05) is 25.3 Å². The second-order valence-corrected chi connectivity index (χ2v) is 20.9. The van der Waals surface area contributed by atoms with Crippen LogP contribution in [0.1, 0.15) is 82.2 Å². The summed E-state index contributed by atoms with van der Waals surface area (Å²) in [5.41, 5.74) is 3.73. The Hall–Kier alpha value is -5.12. The minimum atomic E-state index is -3.50. The van der Waals surface area contributed by atoms with Crippen molar-refractivity contribution in [3.63, 3.8) is 0 Å². The molecular weight excluding hydrogens is 826 g/mol. The van der Waals surface area contributed by atoms with Gasteiger partial charge in [0.1, 0.15) is 10.7 Å². The van der Waals surface area contributed by atoms with E-state index in [9.17, 15) is 22.8 Å². The van der Waals surface area contributed by atoms with E-state index in [0.717, 1.165) is 112 Å². The second-order valence-electron chi connectivity index (χ2n) is 18.3. The van der Waals surface area contributed by atoms with Gasteiger partial charge in [-0.05, 0) is 119 Å². The number of aryl methyl sites for hydroxylation is 1. The summed E-state index contributed by atoms with van der Waals surface area (Å²) in [5.74, 6) is 0.678. The number of rotatable bonds is 9. The summed E-state index contributed by atoms with van der Waals surface area (Å²) in [7, 11) is -3.50. The SMILES string of the molecule is Cc1cc(S(=O)(=O)C2CC3(CCN(CC4CCN(c5cccc6c(N7CCC(=O)NC7=O)cncc56)CC4)CC3)C2)ccc1Nc1ncc2cc(Cl)c(=O)n(C3CCCC3)c2n1. The normalized spacial score (nSPS) is 20.6. The van der Waals surface area contributed by atoms with Crippen molar-refractivity contribution < 1.29 is 18.0 Å². The highest BCUT2D eigenvalue weighted by Gasteiger charge is 2.51. The van der Waals surface area contributed by atoms with Crippen molar-refractivity contribution in [3.8, 4) is 0 Å². The molecule has 1 spiro atoms. The van der Waals surface area contributed by atoms with E-state index >= 15 is 0 Å². The number of hydrogen-bond acceptors (Lipinski definition) is 11. The number of benzene rings is 2. The van der Waals surface area contributed by atoms with Crippen LogP contribution in [-0.4, -0.2) is 89.3 Å². The van der Waals surface area contributed by atoms with E-state index in [4.69, 9.17) is 16.6 Å². The molecule has 3 aliphatic heterocycles. The number of aromatic nitrogens is 4. The lowest BCUT2D eigenvalue weighted by atomic mass is 9.63. The lowest BCUT2D eigenvalue weighted by Crippen LogP contribution is -2.52. The minimum absolute atomic E-state index is 0.0539. The summed E-state index contributed by atoms with van der Waals surface area (Å²) in [6.45, 7) is 7.17. The molecule has 324 valence electrons. The monoisotopic (exact) mass is 877 g/mol. The Morgan fingerprint density at radius 1 is 0.887 bits per heavy atom. The number of likely N-dealkylation sites (tertiary alicyclic amines) is 1. The van der Waals surface area contributed by atoms with Crippen LogP contribution in [0.15, 0.2) is 70.7 Å². The van der Waals surface area contributed by atoms with Crippen LogP contribution in [0.5, 0.6) is 0 Å². The molecule has 10 rings (SSSR count). The molecule has 0 atom stereocenters. The molecule has 0 unspecified atom stereocenters. The molecule has 2 aliphatic carbocycles. The van der Waals surface area contributed by atoms with Crippen LogP contribution in [0.2, 0.25) is 5.02 Å². The van der Waals surface area contributed by atoms with Gasteiger partial charge in [-0.1, -0.05) is 36.6 Å². The molecule has 3 aromatic heterocycles. The zero-order valence-electron chi connectivity index (χ0n) is 35.0. The molecule has 5 aliphatic rings. The molecule has 0 bridgehead atoms. The number of nitrogens with zero attached hydrogens (tertiary/aromatic N) is 7. The summed E-state index contributed by atoms with van der Waals surface area (Å²) in [4.78, 5) is 58.2. The van der Waals surface area contributed by atoms with Crippen molar-refractivity contribution in [1.29, 1.82) is 0 Å². The molecule has 62 heavy (non-hydrogen) atoms. The van der Waals surface area contributed by atoms with Crippen LogP contribution in [0.25, 0.3) is 21.8 Å². The van der Waals surface area contributed by atoms with Crippen molar-refractivity contribution >= 4 is 78.2 Å². The zero-order chi connectivity index (χ0) is 42.8. The summed E-state index contributed by atoms with van der Waals surface area (Å²) >= 11 is 6.31. The molecule has 2 N–H and O–H groups in total. The maximum Gasteiger partial charge on any atom is 0.328 e. The molecule has 5 fully saturated rings. The first-order valence-electron chi connectivity index (χ1n) is 22.1. The van der Waals surface area contributed by atoms with Gasteiger partial charge in [-0.15, -0.1) is 0 Å². The van der Waals surface area contributed by atoms with Gasteiger partial charge in [0.15, 0.2) is 9.84 Å². The van der Waals surface area contributed by atoms with E-state index in [1.54, 1.807) is 46.1 Å². The maximum absolute atomic E-state index is 13.9. The third kappa shape index (κ3) is 7.59. The summed E-state index contributed by atoms with van der Waals surface area (Å²) in [5, 5.41) is 8.14. The first-order valence-corrected chi connectivity index (χ1v) is 24.0. The topological polar surface area (TPSA) is 163 Å². The maximum atomic E-state index is 13.9. The van der Waals surface area contributed by atoms with Gasteiger partial charge < -0.3 is 15.1 Å². The fourth-order valence-corrected chi connectivity index (χ4v) is 13.2. The number of urea groups is 1. The third-order valence-corrected chi connectivity index (χ3v) is 16.8. The molecule has 2 aromatic carbocycles. The highest BCUT2D eigenvalue weighted by atomic mass is 35.5. The number of fused-ring (bicyclic) bond motifs is 2. The van der Waals surface area contributed by atoms with Crippen molar-refractivity contribution in [2.75, 3.05) is 54.4 Å². The lowest BCUT2D eigenvalue weighted by molar-refractivity contribution is -0.120. The van der Waals surface area contributed by atoms with E-state index in [1.165, 1.54) is 0 Å². The number of anilines is 4. The fraction of sp³-hybridized carbons (Fsp3) is 0.478. The Kier molecular flexibility index (Phi) is 10.7. The van der Waals surface area contributed by atoms with Gasteiger partial charge in [-0.25, -0.2) is 18.2 Å². The summed E-state index contributed by atoms with van der Waals surface area (Å²) < 4.78 is 29.6. The number of carbonyl (C=O) groups is 2. The first-order chi connectivity index (χ1) is 29.9. The number of amides is 3. The van der Waals surface area contributed by atoms with Crippen molar-refractivity contribution in [3.05, 3.63) is 82.0 Å². The van der Waals surface area contributed by atoms with Gasteiger partial charge in [0.25, 0.3) is 5.56 Å². The molecule has 3 saturated heterocycles. The molecule has 0 radical (unpaired) electrons. The number of carbonyl (C=O) groups excluding carboxylic acids is 2. The molecule has 2 saturated carbocycles.